The number of nitrogen functional groups attached to an aromatic ring is 1. The number of amidine groups is 1. The first-order chi connectivity index (χ1) is 24.7. The summed E-state index contributed by atoms with van der Waals surface area (Å²) in [5.74, 6) is -5.65. The van der Waals surface area contributed by atoms with E-state index in [0.29, 0.717) is 41.9 Å². The minimum atomic E-state index is -3.22. The van der Waals surface area contributed by atoms with Gasteiger partial charge in [0.25, 0.3) is 11.8 Å². The number of rotatable bonds is 16. The number of halogens is 3. The fourth-order valence-electron chi connectivity index (χ4n) is 6.46. The van der Waals surface area contributed by atoms with Crippen molar-refractivity contribution >= 4 is 40.9 Å². The van der Waals surface area contributed by atoms with Crippen molar-refractivity contribution in [1.82, 2.24) is 15.5 Å². The first-order valence-electron chi connectivity index (χ1n) is 17.1. The van der Waals surface area contributed by atoms with Crippen molar-refractivity contribution in [3.8, 4) is 11.1 Å². The quantitative estimate of drug-likeness (QED) is 0.0678. The van der Waals surface area contributed by atoms with Crippen LogP contribution in [0.4, 0.5) is 13.2 Å². The number of hydrogen-bond donors (Lipinski definition) is 4. The largest absolute Gasteiger partial charge is 0.466 e. The summed E-state index contributed by atoms with van der Waals surface area (Å²) in [5, 5.41) is 14.6. The molecule has 3 atom stereocenters. The zero-order valence-corrected chi connectivity index (χ0v) is 29.8. The van der Waals surface area contributed by atoms with Crippen LogP contribution in [0, 0.1) is 5.41 Å². The molecule has 1 unspecified atom stereocenters. The van der Waals surface area contributed by atoms with E-state index in [-0.39, 0.29) is 60.1 Å². The Kier molecular flexibility index (Phi) is 12.0. The van der Waals surface area contributed by atoms with Gasteiger partial charge in [-0.1, -0.05) is 36.8 Å². The summed E-state index contributed by atoms with van der Waals surface area (Å²) in [6.07, 6.45) is 1.76. The van der Waals surface area contributed by atoms with E-state index in [9.17, 15) is 19.2 Å². The van der Waals surface area contributed by atoms with Gasteiger partial charge in [-0.15, -0.1) is 11.3 Å². The number of alkyl halides is 3. The number of likely N-dealkylation sites (tertiary alicyclic amines) is 1. The molecule has 1 aliphatic heterocycles. The van der Waals surface area contributed by atoms with Crippen LogP contribution < -0.4 is 16.4 Å². The van der Waals surface area contributed by atoms with Gasteiger partial charge in [0.1, 0.15) is 11.9 Å². The first-order valence-corrected chi connectivity index (χ1v) is 18.0. The number of nitrogens with one attached hydrogen (secondary N) is 3. The van der Waals surface area contributed by atoms with Gasteiger partial charge in [-0.2, -0.15) is 8.78 Å². The summed E-state index contributed by atoms with van der Waals surface area (Å²) in [6, 6.07) is 9.75. The predicted molar refractivity (Wildman–Crippen MR) is 189 cm³/mol. The molecule has 1 aliphatic carbocycles. The second kappa shape index (κ2) is 16.3. The van der Waals surface area contributed by atoms with Crippen LogP contribution in [-0.4, -0.2) is 79.0 Å². The predicted octanol–water partition coefficient (Wildman–Crippen LogP) is 5.21. The van der Waals surface area contributed by atoms with E-state index in [4.69, 9.17) is 20.6 Å². The number of ether oxygens (including phenoxy) is 2. The van der Waals surface area contributed by atoms with E-state index in [1.807, 2.05) is 0 Å². The van der Waals surface area contributed by atoms with Gasteiger partial charge in [-0.05, 0) is 56.0 Å². The van der Waals surface area contributed by atoms with Gasteiger partial charge < -0.3 is 30.7 Å². The third kappa shape index (κ3) is 8.64. The van der Waals surface area contributed by atoms with Crippen LogP contribution in [0.2, 0.25) is 0 Å². The summed E-state index contributed by atoms with van der Waals surface area (Å²) in [7, 11) is 0. The van der Waals surface area contributed by atoms with Crippen molar-refractivity contribution in [2.24, 2.45) is 5.73 Å². The lowest BCUT2D eigenvalue weighted by Gasteiger charge is -2.25. The number of hydrogen-bond acceptors (Lipinski definition) is 8. The fourth-order valence-corrected chi connectivity index (χ4v) is 7.37. The molecule has 11 nitrogen and oxygen atoms in total. The van der Waals surface area contributed by atoms with Crippen LogP contribution in [0.5, 0.6) is 0 Å². The topological polar surface area (TPSA) is 164 Å². The molecule has 5 N–H and O–H groups in total. The number of amides is 3. The van der Waals surface area contributed by atoms with E-state index >= 15 is 13.2 Å². The molecule has 52 heavy (non-hydrogen) atoms. The van der Waals surface area contributed by atoms with Gasteiger partial charge in [-0.3, -0.25) is 24.6 Å². The van der Waals surface area contributed by atoms with Gasteiger partial charge in [0, 0.05) is 52.0 Å². The third-order valence-electron chi connectivity index (χ3n) is 9.14. The standard InChI is InChI=1S/C37H42F3N5O6S/c1-3-51-32(47)11-5-4-8-14-50-21-36(38)17-29(35(49)44-22(2)30-16-24(19-52-30)33(41)42)45(20-36)31(46)18-43-34(48)23-12-13-28-26(15-23)25-9-6-7-10-27(25)37(28,39)40/h6-7,9-10,12-13,15-16,19,22,29H,3-5,8,11,14,17-18,20-21H2,1-2H3,(H3,41,42)(H,43,48)(H,44,49)/t22?,29-,36+/m0/s1. The molecule has 3 aromatic rings. The number of esters is 1. The van der Waals surface area contributed by atoms with E-state index < -0.39 is 54.5 Å². The maximum atomic E-state index is 16.3. The molecule has 2 aromatic carbocycles. The Morgan fingerprint density at radius 2 is 1.79 bits per heavy atom. The smallest absolute Gasteiger partial charge is 0.305 e. The van der Waals surface area contributed by atoms with Crippen molar-refractivity contribution in [1.29, 1.82) is 5.41 Å². The molecular formula is C37H42F3N5O6S. The summed E-state index contributed by atoms with van der Waals surface area (Å²) >= 11 is 1.29. The molecule has 0 spiro atoms. The maximum Gasteiger partial charge on any atom is 0.305 e. The first kappa shape index (κ1) is 38.5. The molecular weight excluding hydrogens is 699 g/mol. The number of benzene rings is 2. The Hall–Kier alpha value is -4.76. The van der Waals surface area contributed by atoms with Crippen LogP contribution in [0.3, 0.4) is 0 Å². The highest BCUT2D eigenvalue weighted by molar-refractivity contribution is 7.10. The normalized spacial score (nSPS) is 19.0. The molecule has 2 aliphatic rings. The van der Waals surface area contributed by atoms with Gasteiger partial charge in [0.2, 0.25) is 11.8 Å². The van der Waals surface area contributed by atoms with E-state index in [2.05, 4.69) is 10.6 Å². The molecule has 1 fully saturated rings. The molecule has 15 heteroatoms. The van der Waals surface area contributed by atoms with Gasteiger partial charge in [-0.25, -0.2) is 4.39 Å². The molecule has 0 radical (unpaired) electrons. The highest BCUT2D eigenvalue weighted by Crippen LogP contribution is 2.51. The molecule has 1 saturated heterocycles. The lowest BCUT2D eigenvalue weighted by Crippen LogP contribution is -2.49. The monoisotopic (exact) mass is 741 g/mol. The molecule has 0 bridgehead atoms. The second-order valence-corrected chi connectivity index (χ2v) is 13.9. The lowest BCUT2D eigenvalue weighted by atomic mass is 10.0. The molecule has 3 amide bonds. The number of fused-ring (bicyclic) bond motifs is 3. The molecule has 2 heterocycles. The van der Waals surface area contributed by atoms with Gasteiger partial charge >= 0.3 is 5.97 Å². The summed E-state index contributed by atoms with van der Waals surface area (Å²) < 4.78 is 56.8. The number of unbranched alkanes of at least 4 members (excludes halogenated alkanes) is 2. The van der Waals surface area contributed by atoms with Crippen molar-refractivity contribution < 1.29 is 41.8 Å². The third-order valence-corrected chi connectivity index (χ3v) is 10.3. The van der Waals surface area contributed by atoms with E-state index in [0.717, 1.165) is 4.90 Å². The van der Waals surface area contributed by atoms with Gasteiger partial charge in [0.05, 0.1) is 32.3 Å². The lowest BCUT2D eigenvalue weighted by molar-refractivity contribution is -0.143. The fraction of sp³-hybridized carbons (Fsp3) is 0.432. The second-order valence-electron chi connectivity index (χ2n) is 13.0. The Labute approximate surface area is 303 Å². The Morgan fingerprint density at radius 1 is 1.04 bits per heavy atom. The number of nitrogens with zero attached hydrogens (tertiary/aromatic N) is 1. The number of carbonyl (C=O) groups excluding carboxylic acids is 4. The highest BCUT2D eigenvalue weighted by atomic mass is 32.1. The molecule has 5 rings (SSSR count). The minimum absolute atomic E-state index is 0.0555. The Bertz CT molecular complexity index is 1840. The maximum absolute atomic E-state index is 16.3. The number of thiophene rings is 1. The van der Waals surface area contributed by atoms with Crippen molar-refractivity contribution in [2.45, 2.75) is 69.6 Å². The molecule has 0 saturated carbocycles. The zero-order valence-electron chi connectivity index (χ0n) is 28.9. The van der Waals surface area contributed by atoms with E-state index in [1.54, 1.807) is 37.4 Å². The van der Waals surface area contributed by atoms with E-state index in [1.165, 1.54) is 41.7 Å². The van der Waals surface area contributed by atoms with Crippen LogP contribution >= 0.6 is 11.3 Å². The average Bonchev–Trinajstić information content (AvgIpc) is 3.81. The summed E-state index contributed by atoms with van der Waals surface area (Å²) in [4.78, 5) is 53.6. The number of carbonyl (C=O) groups is 4. The number of nitrogens with two attached hydrogens (primary N) is 1. The van der Waals surface area contributed by atoms with Crippen LogP contribution in [0.15, 0.2) is 53.9 Å². The summed E-state index contributed by atoms with van der Waals surface area (Å²) in [6.45, 7) is 2.55. The van der Waals surface area contributed by atoms with Gasteiger partial charge in [0.15, 0.2) is 5.67 Å². The van der Waals surface area contributed by atoms with Crippen LogP contribution in [-0.2, 0) is 29.8 Å². The SMILES string of the molecule is CCOC(=O)CCCCCOC[C@@]1(F)C[C@@H](C(=O)NC(C)c2cc(C(=N)N)cs2)N(C(=O)CNC(=O)c2ccc3c(c2)-c2ccccc2C3(F)F)C1. The Morgan fingerprint density at radius 3 is 2.52 bits per heavy atom. The van der Waals surface area contributed by atoms with Crippen molar-refractivity contribution in [2.75, 3.05) is 32.9 Å². The van der Waals surface area contributed by atoms with Crippen LogP contribution in [0.1, 0.15) is 83.9 Å². The van der Waals surface area contributed by atoms with Crippen molar-refractivity contribution in [3.05, 3.63) is 81.0 Å². The minimum Gasteiger partial charge on any atom is -0.466 e. The summed E-state index contributed by atoms with van der Waals surface area (Å²) in [5.41, 5.74) is 4.20. The Balaban J connectivity index is 1.23. The average molecular weight is 742 g/mol. The molecule has 278 valence electrons. The van der Waals surface area contributed by atoms with Crippen molar-refractivity contribution in [3.63, 3.8) is 0 Å². The molecule has 1 aromatic heterocycles. The zero-order chi connectivity index (χ0) is 37.6. The highest BCUT2D eigenvalue weighted by Gasteiger charge is 2.50. The van der Waals surface area contributed by atoms with Crippen LogP contribution in [0.25, 0.3) is 11.1 Å².